The number of aromatic nitrogens is 3. The van der Waals surface area contributed by atoms with Crippen LogP contribution in [-0.2, 0) is 13.0 Å². The number of nitrogens with one attached hydrogen (secondary N) is 1. The quantitative estimate of drug-likeness (QED) is 0.758. The van der Waals surface area contributed by atoms with Gasteiger partial charge in [0.2, 0.25) is 5.89 Å². The highest BCUT2D eigenvalue weighted by atomic mass is 32.1. The molecule has 0 saturated heterocycles. The van der Waals surface area contributed by atoms with Crippen LogP contribution in [0.15, 0.2) is 46.4 Å². The van der Waals surface area contributed by atoms with Gasteiger partial charge in [0.25, 0.3) is 0 Å². The number of hydrogen-bond donors (Lipinski definition) is 1. The van der Waals surface area contributed by atoms with Crippen molar-refractivity contribution in [2.75, 3.05) is 0 Å². The molecule has 0 radical (unpaired) electrons. The van der Waals surface area contributed by atoms with Gasteiger partial charge in [0.15, 0.2) is 5.82 Å². The maximum atomic E-state index is 5.26. The summed E-state index contributed by atoms with van der Waals surface area (Å²) in [7, 11) is 0. The van der Waals surface area contributed by atoms with Crippen LogP contribution in [0.4, 0.5) is 0 Å². The van der Waals surface area contributed by atoms with Crippen LogP contribution in [0.25, 0.3) is 0 Å². The van der Waals surface area contributed by atoms with Crippen LogP contribution < -0.4 is 5.32 Å². The molecule has 0 aliphatic heterocycles. The predicted octanol–water partition coefficient (Wildman–Crippen LogP) is 2.97. The molecule has 0 saturated carbocycles. The molecule has 2 aromatic heterocycles. The van der Waals surface area contributed by atoms with Gasteiger partial charge in [-0.1, -0.05) is 35.5 Å². The van der Waals surface area contributed by atoms with E-state index in [0.29, 0.717) is 24.7 Å². The molecular formula is C15H16N4OS. The SMILES string of the molecule is CC(NCc1nc(Cc2ccccc2)no1)c1nccs1. The van der Waals surface area contributed by atoms with Crippen molar-refractivity contribution in [3.05, 3.63) is 64.2 Å². The fourth-order valence-electron chi connectivity index (χ4n) is 1.99. The molecule has 1 atom stereocenters. The molecule has 0 aliphatic carbocycles. The first-order valence-electron chi connectivity index (χ1n) is 6.79. The Labute approximate surface area is 127 Å². The van der Waals surface area contributed by atoms with Crippen molar-refractivity contribution in [1.82, 2.24) is 20.4 Å². The first-order chi connectivity index (χ1) is 10.3. The van der Waals surface area contributed by atoms with E-state index in [0.717, 1.165) is 5.01 Å². The normalized spacial score (nSPS) is 12.4. The Hall–Kier alpha value is -2.05. The Kier molecular flexibility index (Phi) is 4.37. The third kappa shape index (κ3) is 3.74. The molecular weight excluding hydrogens is 284 g/mol. The maximum absolute atomic E-state index is 5.26. The van der Waals surface area contributed by atoms with Crippen LogP contribution in [0.3, 0.4) is 0 Å². The van der Waals surface area contributed by atoms with Crippen molar-refractivity contribution in [3.8, 4) is 0 Å². The Morgan fingerprint density at radius 3 is 2.90 bits per heavy atom. The van der Waals surface area contributed by atoms with Crippen molar-refractivity contribution < 1.29 is 4.52 Å². The molecule has 3 rings (SSSR count). The summed E-state index contributed by atoms with van der Waals surface area (Å²) in [6, 6.07) is 10.3. The summed E-state index contributed by atoms with van der Waals surface area (Å²) in [6.07, 6.45) is 2.50. The Bertz CT molecular complexity index is 666. The van der Waals surface area contributed by atoms with Gasteiger partial charge >= 0.3 is 0 Å². The Morgan fingerprint density at radius 2 is 2.14 bits per heavy atom. The van der Waals surface area contributed by atoms with Gasteiger partial charge in [-0.15, -0.1) is 11.3 Å². The first-order valence-corrected chi connectivity index (χ1v) is 7.67. The summed E-state index contributed by atoms with van der Waals surface area (Å²) in [5.41, 5.74) is 1.17. The van der Waals surface area contributed by atoms with E-state index >= 15 is 0 Å². The third-order valence-electron chi connectivity index (χ3n) is 3.10. The average Bonchev–Trinajstić information content (AvgIpc) is 3.17. The van der Waals surface area contributed by atoms with E-state index < -0.39 is 0 Å². The third-order valence-corrected chi connectivity index (χ3v) is 4.05. The van der Waals surface area contributed by atoms with Crippen LogP contribution in [0.1, 0.15) is 35.3 Å². The summed E-state index contributed by atoms with van der Waals surface area (Å²) in [5, 5.41) is 10.4. The van der Waals surface area contributed by atoms with Crippen molar-refractivity contribution >= 4 is 11.3 Å². The monoisotopic (exact) mass is 300 g/mol. The molecule has 0 aliphatic rings. The topological polar surface area (TPSA) is 63.8 Å². The van der Waals surface area contributed by atoms with E-state index in [1.54, 1.807) is 11.3 Å². The second kappa shape index (κ2) is 6.60. The van der Waals surface area contributed by atoms with Gasteiger partial charge in [0, 0.05) is 18.0 Å². The van der Waals surface area contributed by atoms with Crippen molar-refractivity contribution in [2.45, 2.75) is 25.9 Å². The second-order valence-electron chi connectivity index (χ2n) is 4.74. The lowest BCUT2D eigenvalue weighted by Gasteiger charge is -2.07. The van der Waals surface area contributed by atoms with Crippen LogP contribution >= 0.6 is 11.3 Å². The van der Waals surface area contributed by atoms with Crippen LogP contribution in [0.2, 0.25) is 0 Å². The summed E-state index contributed by atoms with van der Waals surface area (Å²) in [6.45, 7) is 2.61. The van der Waals surface area contributed by atoms with Gasteiger partial charge in [-0.3, -0.25) is 5.32 Å². The average molecular weight is 300 g/mol. The van der Waals surface area contributed by atoms with E-state index in [1.165, 1.54) is 5.56 Å². The molecule has 5 nitrogen and oxygen atoms in total. The zero-order valence-corrected chi connectivity index (χ0v) is 12.5. The van der Waals surface area contributed by atoms with Gasteiger partial charge in [0.05, 0.1) is 12.6 Å². The van der Waals surface area contributed by atoms with E-state index in [2.05, 4.69) is 39.5 Å². The number of thiazole rings is 1. The molecule has 6 heteroatoms. The fraction of sp³-hybridized carbons (Fsp3) is 0.267. The summed E-state index contributed by atoms with van der Waals surface area (Å²) >= 11 is 1.63. The highest BCUT2D eigenvalue weighted by molar-refractivity contribution is 7.09. The molecule has 2 heterocycles. The summed E-state index contributed by atoms with van der Waals surface area (Å²) < 4.78 is 5.26. The van der Waals surface area contributed by atoms with Gasteiger partial charge in [-0.2, -0.15) is 4.98 Å². The molecule has 1 unspecified atom stereocenters. The van der Waals surface area contributed by atoms with E-state index in [1.807, 2.05) is 29.8 Å². The maximum Gasteiger partial charge on any atom is 0.240 e. The molecule has 0 fully saturated rings. The number of benzene rings is 1. The lowest BCUT2D eigenvalue weighted by molar-refractivity contribution is 0.356. The zero-order valence-electron chi connectivity index (χ0n) is 11.7. The van der Waals surface area contributed by atoms with E-state index in [9.17, 15) is 0 Å². The molecule has 108 valence electrons. The molecule has 0 bridgehead atoms. The lowest BCUT2D eigenvalue weighted by atomic mass is 10.1. The number of rotatable bonds is 6. The second-order valence-corrected chi connectivity index (χ2v) is 5.67. The fourth-order valence-corrected chi connectivity index (χ4v) is 2.66. The molecule has 21 heavy (non-hydrogen) atoms. The molecule has 1 N–H and O–H groups in total. The first kappa shape index (κ1) is 13.9. The van der Waals surface area contributed by atoms with Gasteiger partial charge < -0.3 is 4.52 Å². The van der Waals surface area contributed by atoms with E-state index in [-0.39, 0.29) is 6.04 Å². The minimum absolute atomic E-state index is 0.175. The van der Waals surface area contributed by atoms with Crippen molar-refractivity contribution in [1.29, 1.82) is 0 Å². The van der Waals surface area contributed by atoms with Crippen LogP contribution in [0.5, 0.6) is 0 Å². The van der Waals surface area contributed by atoms with E-state index in [4.69, 9.17) is 4.52 Å². The Morgan fingerprint density at radius 1 is 1.29 bits per heavy atom. The standard InChI is InChI=1S/C15H16N4OS/c1-11(15-16-7-8-21-15)17-10-14-18-13(19-20-14)9-12-5-3-2-4-6-12/h2-8,11,17H,9-10H2,1H3. The van der Waals surface area contributed by atoms with Gasteiger partial charge in [-0.25, -0.2) is 4.98 Å². The smallest absolute Gasteiger partial charge is 0.240 e. The van der Waals surface area contributed by atoms with Crippen LogP contribution in [0, 0.1) is 0 Å². The predicted molar refractivity (Wildman–Crippen MR) is 80.9 cm³/mol. The summed E-state index contributed by atoms with van der Waals surface area (Å²) in [5.74, 6) is 1.31. The number of hydrogen-bond acceptors (Lipinski definition) is 6. The summed E-state index contributed by atoms with van der Waals surface area (Å²) in [4.78, 5) is 8.68. The highest BCUT2D eigenvalue weighted by Crippen LogP contribution is 2.15. The molecule has 0 amide bonds. The lowest BCUT2D eigenvalue weighted by Crippen LogP contribution is -2.18. The van der Waals surface area contributed by atoms with Gasteiger partial charge in [0.1, 0.15) is 5.01 Å². The number of nitrogens with zero attached hydrogens (tertiary/aromatic N) is 3. The largest absolute Gasteiger partial charge is 0.338 e. The zero-order chi connectivity index (χ0) is 14.5. The molecule has 0 spiro atoms. The Balaban J connectivity index is 1.55. The van der Waals surface area contributed by atoms with Crippen molar-refractivity contribution in [2.24, 2.45) is 0 Å². The van der Waals surface area contributed by atoms with Crippen LogP contribution in [-0.4, -0.2) is 15.1 Å². The molecule has 1 aromatic carbocycles. The van der Waals surface area contributed by atoms with Gasteiger partial charge in [-0.05, 0) is 12.5 Å². The molecule has 3 aromatic rings. The van der Waals surface area contributed by atoms with Crippen molar-refractivity contribution in [3.63, 3.8) is 0 Å². The minimum Gasteiger partial charge on any atom is -0.338 e. The minimum atomic E-state index is 0.175. The highest BCUT2D eigenvalue weighted by Gasteiger charge is 2.11.